The summed E-state index contributed by atoms with van der Waals surface area (Å²) in [6.07, 6.45) is 3.71. The van der Waals surface area contributed by atoms with Crippen molar-refractivity contribution in [3.63, 3.8) is 0 Å². The van der Waals surface area contributed by atoms with Crippen LogP contribution in [0.3, 0.4) is 0 Å². The van der Waals surface area contributed by atoms with Crippen molar-refractivity contribution in [2.45, 2.75) is 45.7 Å². The van der Waals surface area contributed by atoms with Crippen LogP contribution in [0.2, 0.25) is 0 Å². The molecule has 1 aliphatic carbocycles. The third-order valence-corrected chi connectivity index (χ3v) is 6.07. The highest BCUT2D eigenvalue weighted by molar-refractivity contribution is 5.85. The number of hydrogen-bond donors (Lipinski definition) is 1. The Morgan fingerprint density at radius 2 is 1.85 bits per heavy atom. The second-order valence-electron chi connectivity index (χ2n) is 7.74. The molecule has 1 saturated heterocycles. The Labute approximate surface area is 166 Å². The molecule has 144 valence electrons. The molecule has 4 rings (SSSR count). The molecular formula is C20H28Cl2N2O2. The highest BCUT2D eigenvalue weighted by Crippen LogP contribution is 2.36. The van der Waals surface area contributed by atoms with E-state index in [4.69, 9.17) is 10.2 Å². The maximum atomic E-state index is 12.0. The van der Waals surface area contributed by atoms with Crippen molar-refractivity contribution in [2.75, 3.05) is 13.1 Å². The Balaban J connectivity index is 0.00000121. The van der Waals surface area contributed by atoms with Crippen LogP contribution >= 0.6 is 24.8 Å². The largest absolute Gasteiger partial charge is 0.423 e. The first kappa shape index (κ1) is 21.2. The predicted molar refractivity (Wildman–Crippen MR) is 111 cm³/mol. The van der Waals surface area contributed by atoms with Crippen molar-refractivity contribution < 1.29 is 4.42 Å². The number of aryl methyl sites for hydroxylation is 2. The van der Waals surface area contributed by atoms with Crippen molar-refractivity contribution in [3.05, 3.63) is 45.3 Å². The number of fused-ring (bicyclic) bond motifs is 2. The topological polar surface area (TPSA) is 59.5 Å². The van der Waals surface area contributed by atoms with E-state index in [2.05, 4.69) is 17.9 Å². The van der Waals surface area contributed by atoms with Crippen molar-refractivity contribution in [3.8, 4) is 0 Å². The van der Waals surface area contributed by atoms with Gasteiger partial charge in [-0.05, 0) is 67.3 Å². The Morgan fingerprint density at radius 3 is 2.58 bits per heavy atom. The zero-order chi connectivity index (χ0) is 16.8. The maximum Gasteiger partial charge on any atom is 0.336 e. The van der Waals surface area contributed by atoms with Crippen LogP contribution in [-0.2, 0) is 6.54 Å². The van der Waals surface area contributed by atoms with Crippen LogP contribution in [0, 0.1) is 25.7 Å². The highest BCUT2D eigenvalue weighted by atomic mass is 35.5. The molecule has 2 fully saturated rings. The number of rotatable bonds is 2. The molecule has 1 saturated carbocycles. The monoisotopic (exact) mass is 398 g/mol. The van der Waals surface area contributed by atoms with E-state index in [1.165, 1.54) is 18.4 Å². The lowest BCUT2D eigenvalue weighted by Crippen LogP contribution is -2.38. The predicted octanol–water partition coefficient (Wildman–Crippen LogP) is 3.81. The third-order valence-electron chi connectivity index (χ3n) is 6.07. The first-order chi connectivity index (χ1) is 11.5. The van der Waals surface area contributed by atoms with Crippen LogP contribution in [0.25, 0.3) is 11.0 Å². The molecular weight excluding hydrogens is 371 g/mol. The number of hydrogen-bond acceptors (Lipinski definition) is 4. The Hall–Kier alpha value is -1.07. The lowest BCUT2D eigenvalue weighted by atomic mass is 9.78. The summed E-state index contributed by atoms with van der Waals surface area (Å²) >= 11 is 0. The molecule has 0 amide bonds. The minimum Gasteiger partial charge on any atom is -0.423 e. The molecule has 0 radical (unpaired) electrons. The Bertz CT molecular complexity index is 836. The van der Waals surface area contributed by atoms with Crippen LogP contribution in [0.1, 0.15) is 36.0 Å². The average molecular weight is 399 g/mol. The van der Waals surface area contributed by atoms with Gasteiger partial charge in [0.2, 0.25) is 0 Å². The van der Waals surface area contributed by atoms with E-state index < -0.39 is 0 Å². The van der Waals surface area contributed by atoms with Gasteiger partial charge in [-0.15, -0.1) is 24.8 Å². The summed E-state index contributed by atoms with van der Waals surface area (Å²) in [4.78, 5) is 14.4. The van der Waals surface area contributed by atoms with E-state index in [9.17, 15) is 4.79 Å². The molecule has 1 aromatic heterocycles. The van der Waals surface area contributed by atoms with Crippen molar-refractivity contribution in [1.82, 2.24) is 4.90 Å². The standard InChI is InChI=1S/C20H26N2O2.2ClH/c1-12-6-16-15(8-20(23)24-19(16)7-13(12)2)10-22-9-14-4-3-5-18(21)17(14)11-22;;/h6-8,14,17-18H,3-5,9-11,21H2,1-2H3;2*1H/t14-,17+,18-;;/m1../s1. The van der Waals surface area contributed by atoms with Gasteiger partial charge in [-0.25, -0.2) is 4.79 Å². The normalized spacial score (nSPS) is 25.4. The number of likely N-dealkylation sites (tertiary alicyclic amines) is 1. The van der Waals surface area contributed by atoms with E-state index in [-0.39, 0.29) is 30.4 Å². The number of benzene rings is 1. The molecule has 2 N–H and O–H groups in total. The minimum atomic E-state index is -0.255. The van der Waals surface area contributed by atoms with Gasteiger partial charge in [0.05, 0.1) is 0 Å². The number of halogens is 2. The van der Waals surface area contributed by atoms with Gasteiger partial charge in [0.1, 0.15) is 5.58 Å². The SMILES string of the molecule is Cc1cc2oc(=O)cc(CN3C[C@H]4CCC[C@@H](N)[C@H]4C3)c2cc1C.Cl.Cl. The summed E-state index contributed by atoms with van der Waals surface area (Å²) in [6.45, 7) is 7.12. The molecule has 3 atom stereocenters. The second kappa shape index (κ2) is 8.30. The average Bonchev–Trinajstić information content (AvgIpc) is 2.93. The van der Waals surface area contributed by atoms with Crippen molar-refractivity contribution >= 4 is 35.8 Å². The lowest BCUT2D eigenvalue weighted by molar-refractivity contribution is 0.259. The van der Waals surface area contributed by atoms with Crippen LogP contribution in [0.5, 0.6) is 0 Å². The molecule has 6 heteroatoms. The van der Waals surface area contributed by atoms with E-state index in [0.29, 0.717) is 17.5 Å². The van der Waals surface area contributed by atoms with E-state index in [1.807, 2.05) is 13.0 Å². The molecule has 0 bridgehead atoms. The quantitative estimate of drug-likeness (QED) is 0.781. The molecule has 4 nitrogen and oxygen atoms in total. The lowest BCUT2D eigenvalue weighted by Gasteiger charge is -2.29. The zero-order valence-corrected chi connectivity index (χ0v) is 17.0. The molecule has 2 heterocycles. The molecule has 0 spiro atoms. The second-order valence-corrected chi connectivity index (χ2v) is 7.74. The number of nitrogens with two attached hydrogens (primary N) is 1. The van der Waals surface area contributed by atoms with Crippen LogP contribution in [0.4, 0.5) is 0 Å². The Kier molecular flexibility index (Phi) is 6.78. The minimum absolute atomic E-state index is 0. The van der Waals surface area contributed by atoms with Crippen molar-refractivity contribution in [1.29, 1.82) is 0 Å². The first-order valence-electron chi connectivity index (χ1n) is 9.03. The smallest absolute Gasteiger partial charge is 0.336 e. The fraction of sp³-hybridized carbons (Fsp3) is 0.550. The molecule has 0 unspecified atom stereocenters. The van der Waals surface area contributed by atoms with Crippen LogP contribution < -0.4 is 11.4 Å². The van der Waals surface area contributed by atoms with Crippen LogP contribution in [-0.4, -0.2) is 24.0 Å². The van der Waals surface area contributed by atoms with E-state index in [1.54, 1.807) is 6.07 Å². The molecule has 2 aliphatic rings. The third kappa shape index (κ3) is 3.94. The van der Waals surface area contributed by atoms with Gasteiger partial charge < -0.3 is 10.2 Å². The van der Waals surface area contributed by atoms with Gasteiger partial charge in [0.25, 0.3) is 0 Å². The summed E-state index contributed by atoms with van der Waals surface area (Å²) < 4.78 is 5.42. The highest BCUT2D eigenvalue weighted by Gasteiger charge is 2.38. The fourth-order valence-corrected chi connectivity index (χ4v) is 4.59. The molecule has 1 aromatic carbocycles. The number of nitrogens with zero attached hydrogens (tertiary/aromatic N) is 1. The van der Waals surface area contributed by atoms with Gasteiger partial charge >= 0.3 is 5.63 Å². The van der Waals surface area contributed by atoms with Gasteiger partial charge in [-0.1, -0.05) is 6.42 Å². The fourth-order valence-electron chi connectivity index (χ4n) is 4.59. The molecule has 2 aromatic rings. The maximum absolute atomic E-state index is 12.0. The summed E-state index contributed by atoms with van der Waals surface area (Å²) in [5.41, 5.74) is 10.2. The van der Waals surface area contributed by atoms with Gasteiger partial charge in [0, 0.05) is 37.1 Å². The first-order valence-corrected chi connectivity index (χ1v) is 9.03. The van der Waals surface area contributed by atoms with Crippen molar-refractivity contribution in [2.24, 2.45) is 17.6 Å². The van der Waals surface area contributed by atoms with Crippen LogP contribution in [0.15, 0.2) is 27.4 Å². The zero-order valence-electron chi connectivity index (χ0n) is 15.4. The summed E-state index contributed by atoms with van der Waals surface area (Å²) in [6, 6.07) is 6.14. The summed E-state index contributed by atoms with van der Waals surface area (Å²) in [5.74, 6) is 1.35. The van der Waals surface area contributed by atoms with Gasteiger partial charge in [-0.3, -0.25) is 4.90 Å². The summed E-state index contributed by atoms with van der Waals surface area (Å²) in [5, 5.41) is 1.07. The van der Waals surface area contributed by atoms with E-state index in [0.717, 1.165) is 48.5 Å². The van der Waals surface area contributed by atoms with E-state index >= 15 is 0 Å². The molecule has 26 heavy (non-hydrogen) atoms. The Morgan fingerprint density at radius 1 is 1.12 bits per heavy atom. The van der Waals surface area contributed by atoms with Gasteiger partial charge in [-0.2, -0.15) is 0 Å². The molecule has 1 aliphatic heterocycles. The summed E-state index contributed by atoms with van der Waals surface area (Å²) in [7, 11) is 0. The van der Waals surface area contributed by atoms with Gasteiger partial charge in [0.15, 0.2) is 0 Å².